The van der Waals surface area contributed by atoms with Crippen LogP contribution in [0.15, 0.2) is 47.4 Å². The van der Waals surface area contributed by atoms with E-state index in [2.05, 4.69) is 36.5 Å². The smallest absolute Gasteiger partial charge is 0.123 e. The van der Waals surface area contributed by atoms with Gasteiger partial charge in [-0.3, -0.25) is 0 Å². The second kappa shape index (κ2) is 7.62. The Bertz CT molecular complexity index is 580. The van der Waals surface area contributed by atoms with E-state index in [0.717, 1.165) is 23.3 Å². The third-order valence-corrected chi connectivity index (χ3v) is 4.57. The minimum Gasteiger partial charge on any atom is -0.313 e. The highest BCUT2D eigenvalue weighted by Crippen LogP contribution is 2.24. The SMILES string of the molecule is CCSc1ccc(C(Cc2cc(F)ccc2C)NC)cc1. The predicted molar refractivity (Wildman–Crippen MR) is 89.5 cm³/mol. The van der Waals surface area contributed by atoms with Crippen LogP contribution in [0, 0.1) is 12.7 Å². The lowest BCUT2D eigenvalue weighted by Gasteiger charge is -2.18. The summed E-state index contributed by atoms with van der Waals surface area (Å²) in [6.45, 7) is 4.18. The molecule has 0 aromatic heterocycles. The van der Waals surface area contributed by atoms with Crippen molar-refractivity contribution in [3.8, 4) is 0 Å². The molecule has 21 heavy (non-hydrogen) atoms. The number of benzene rings is 2. The molecule has 1 N–H and O–H groups in total. The zero-order valence-electron chi connectivity index (χ0n) is 12.8. The summed E-state index contributed by atoms with van der Waals surface area (Å²) in [7, 11) is 1.95. The zero-order valence-corrected chi connectivity index (χ0v) is 13.6. The van der Waals surface area contributed by atoms with Crippen molar-refractivity contribution in [2.24, 2.45) is 0 Å². The quantitative estimate of drug-likeness (QED) is 0.773. The van der Waals surface area contributed by atoms with Crippen LogP contribution in [-0.2, 0) is 6.42 Å². The number of aryl methyl sites for hydroxylation is 1. The maximum Gasteiger partial charge on any atom is 0.123 e. The standard InChI is InChI=1S/C18H22FNS/c1-4-21-17-9-6-14(7-10-17)18(20-3)12-15-11-16(19)8-5-13(15)2/h5-11,18,20H,4,12H2,1-3H3. The fraction of sp³-hybridized carbons (Fsp3) is 0.333. The van der Waals surface area contributed by atoms with E-state index in [1.54, 1.807) is 6.07 Å². The summed E-state index contributed by atoms with van der Waals surface area (Å²) >= 11 is 1.84. The molecule has 2 rings (SSSR count). The van der Waals surface area contributed by atoms with E-state index < -0.39 is 0 Å². The van der Waals surface area contributed by atoms with E-state index in [1.807, 2.05) is 31.8 Å². The van der Waals surface area contributed by atoms with Crippen molar-refractivity contribution in [3.05, 3.63) is 65.0 Å². The van der Waals surface area contributed by atoms with Crippen LogP contribution >= 0.6 is 11.8 Å². The summed E-state index contributed by atoms with van der Waals surface area (Å²) < 4.78 is 13.4. The van der Waals surface area contributed by atoms with Gasteiger partial charge in [-0.05, 0) is 67.1 Å². The summed E-state index contributed by atoms with van der Waals surface area (Å²) in [5, 5.41) is 3.34. The van der Waals surface area contributed by atoms with E-state index in [9.17, 15) is 4.39 Å². The van der Waals surface area contributed by atoms with E-state index in [4.69, 9.17) is 0 Å². The Morgan fingerprint density at radius 1 is 1.14 bits per heavy atom. The van der Waals surface area contributed by atoms with Crippen LogP contribution in [0.1, 0.15) is 29.7 Å². The number of hydrogen-bond donors (Lipinski definition) is 1. The van der Waals surface area contributed by atoms with Crippen LogP contribution < -0.4 is 5.32 Å². The highest BCUT2D eigenvalue weighted by atomic mass is 32.2. The Labute approximate surface area is 131 Å². The molecular formula is C18H22FNS. The van der Waals surface area contributed by atoms with Crippen LogP contribution in [0.5, 0.6) is 0 Å². The first-order valence-electron chi connectivity index (χ1n) is 7.29. The molecule has 1 nitrogen and oxygen atoms in total. The molecule has 0 bridgehead atoms. The molecule has 0 radical (unpaired) electrons. The molecular weight excluding hydrogens is 281 g/mol. The second-order valence-electron chi connectivity index (χ2n) is 5.12. The largest absolute Gasteiger partial charge is 0.313 e. The van der Waals surface area contributed by atoms with Gasteiger partial charge in [-0.1, -0.05) is 25.1 Å². The minimum absolute atomic E-state index is 0.167. The highest BCUT2D eigenvalue weighted by molar-refractivity contribution is 7.99. The summed E-state index contributed by atoms with van der Waals surface area (Å²) in [5.41, 5.74) is 3.43. The van der Waals surface area contributed by atoms with Crippen molar-refractivity contribution < 1.29 is 4.39 Å². The van der Waals surface area contributed by atoms with Crippen LogP contribution in [0.4, 0.5) is 4.39 Å². The molecule has 0 aliphatic carbocycles. The lowest BCUT2D eigenvalue weighted by molar-refractivity contribution is 0.582. The molecule has 0 aliphatic rings. The Kier molecular flexibility index (Phi) is 5.83. The Balaban J connectivity index is 2.17. The summed E-state index contributed by atoms with van der Waals surface area (Å²) in [6.07, 6.45) is 0.792. The number of hydrogen-bond acceptors (Lipinski definition) is 2. The van der Waals surface area contributed by atoms with Gasteiger partial charge in [-0.2, -0.15) is 0 Å². The fourth-order valence-corrected chi connectivity index (χ4v) is 3.09. The Hall–Kier alpha value is -1.32. The van der Waals surface area contributed by atoms with E-state index in [-0.39, 0.29) is 11.9 Å². The number of nitrogens with one attached hydrogen (secondary N) is 1. The average Bonchev–Trinajstić information content (AvgIpc) is 2.49. The van der Waals surface area contributed by atoms with Crippen LogP contribution in [0.25, 0.3) is 0 Å². The number of rotatable bonds is 6. The van der Waals surface area contributed by atoms with Crippen molar-refractivity contribution in [2.75, 3.05) is 12.8 Å². The third-order valence-electron chi connectivity index (χ3n) is 3.68. The van der Waals surface area contributed by atoms with Crippen molar-refractivity contribution in [1.29, 1.82) is 0 Å². The van der Waals surface area contributed by atoms with Gasteiger partial charge in [0.2, 0.25) is 0 Å². The number of thioether (sulfide) groups is 1. The monoisotopic (exact) mass is 303 g/mol. The van der Waals surface area contributed by atoms with Gasteiger partial charge in [-0.15, -0.1) is 11.8 Å². The maximum absolute atomic E-state index is 13.4. The lowest BCUT2D eigenvalue weighted by atomic mass is 9.96. The van der Waals surface area contributed by atoms with Crippen LogP contribution in [0.2, 0.25) is 0 Å². The highest BCUT2D eigenvalue weighted by Gasteiger charge is 2.12. The lowest BCUT2D eigenvalue weighted by Crippen LogP contribution is -2.19. The van der Waals surface area contributed by atoms with Crippen molar-refractivity contribution in [2.45, 2.75) is 31.2 Å². The minimum atomic E-state index is -0.167. The van der Waals surface area contributed by atoms with Gasteiger partial charge in [0.1, 0.15) is 5.82 Å². The van der Waals surface area contributed by atoms with Crippen molar-refractivity contribution in [3.63, 3.8) is 0 Å². The summed E-state index contributed by atoms with van der Waals surface area (Å²) in [5.74, 6) is 0.914. The normalized spacial score (nSPS) is 12.4. The first kappa shape index (κ1) is 16.1. The zero-order chi connectivity index (χ0) is 15.2. The van der Waals surface area contributed by atoms with Gasteiger partial charge in [0.25, 0.3) is 0 Å². The van der Waals surface area contributed by atoms with Crippen molar-refractivity contribution >= 4 is 11.8 Å². The molecule has 3 heteroatoms. The molecule has 0 saturated carbocycles. The first-order valence-corrected chi connectivity index (χ1v) is 8.27. The van der Waals surface area contributed by atoms with Gasteiger partial charge < -0.3 is 5.32 Å². The fourth-order valence-electron chi connectivity index (χ4n) is 2.43. The van der Waals surface area contributed by atoms with Gasteiger partial charge >= 0.3 is 0 Å². The number of halogens is 1. The molecule has 2 aromatic rings. The van der Waals surface area contributed by atoms with E-state index in [0.29, 0.717) is 0 Å². The second-order valence-corrected chi connectivity index (χ2v) is 6.46. The van der Waals surface area contributed by atoms with Crippen LogP contribution in [0.3, 0.4) is 0 Å². The summed E-state index contributed by atoms with van der Waals surface area (Å²) in [4.78, 5) is 1.29. The van der Waals surface area contributed by atoms with Crippen LogP contribution in [-0.4, -0.2) is 12.8 Å². The molecule has 2 aromatic carbocycles. The Morgan fingerprint density at radius 2 is 1.86 bits per heavy atom. The molecule has 112 valence electrons. The summed E-state index contributed by atoms with van der Waals surface area (Å²) in [6, 6.07) is 13.8. The topological polar surface area (TPSA) is 12.0 Å². The van der Waals surface area contributed by atoms with Crippen molar-refractivity contribution in [1.82, 2.24) is 5.32 Å². The maximum atomic E-state index is 13.4. The van der Waals surface area contributed by atoms with Gasteiger partial charge in [0.05, 0.1) is 0 Å². The molecule has 0 spiro atoms. The molecule has 1 atom stereocenters. The molecule has 1 unspecified atom stereocenters. The third kappa shape index (κ3) is 4.32. The van der Waals surface area contributed by atoms with E-state index >= 15 is 0 Å². The molecule has 0 heterocycles. The predicted octanol–water partition coefficient (Wildman–Crippen LogP) is 4.75. The van der Waals surface area contributed by atoms with Gasteiger partial charge in [0.15, 0.2) is 0 Å². The van der Waals surface area contributed by atoms with E-state index in [1.165, 1.54) is 16.5 Å². The molecule has 0 fully saturated rings. The molecule has 0 amide bonds. The van der Waals surface area contributed by atoms with Gasteiger partial charge in [-0.25, -0.2) is 4.39 Å². The Morgan fingerprint density at radius 3 is 2.48 bits per heavy atom. The molecule has 0 saturated heterocycles. The first-order chi connectivity index (χ1) is 10.1. The van der Waals surface area contributed by atoms with Gasteiger partial charge in [0, 0.05) is 10.9 Å². The average molecular weight is 303 g/mol. The number of likely N-dealkylation sites (N-methyl/N-ethyl adjacent to an activating group) is 1. The molecule has 0 aliphatic heterocycles.